The van der Waals surface area contributed by atoms with Crippen molar-refractivity contribution < 1.29 is 14.3 Å². The quantitative estimate of drug-likeness (QED) is 0.499. The van der Waals surface area contributed by atoms with Crippen LogP contribution in [-0.2, 0) is 12.1 Å². The second kappa shape index (κ2) is 9.29. The van der Waals surface area contributed by atoms with Crippen LogP contribution in [0.25, 0.3) is 0 Å². The summed E-state index contributed by atoms with van der Waals surface area (Å²) in [7, 11) is 0. The van der Waals surface area contributed by atoms with Crippen LogP contribution in [-0.4, -0.2) is 30.8 Å². The average Bonchev–Trinajstić information content (AvgIpc) is 3.05. The zero-order valence-corrected chi connectivity index (χ0v) is 16.0. The van der Waals surface area contributed by atoms with Gasteiger partial charge in [-0.25, -0.2) is 4.99 Å². The Bertz CT molecular complexity index is 723. The molecule has 0 saturated carbocycles. The number of nitrogens with zero attached hydrogens (tertiary/aromatic N) is 1. The second-order valence-electron chi connectivity index (χ2n) is 6.31. The normalized spacial score (nSPS) is 14.0. The molecule has 6 heteroatoms. The maximum Gasteiger partial charge on any atom is 0.191 e. The summed E-state index contributed by atoms with van der Waals surface area (Å²) in [6, 6.07) is 11.5. The first-order chi connectivity index (χ1) is 12.4. The first kappa shape index (κ1) is 19.8. The van der Waals surface area contributed by atoms with E-state index in [4.69, 9.17) is 9.15 Å². The zero-order chi connectivity index (χ0) is 19.0. The lowest BCUT2D eigenvalue weighted by atomic mass is 10.0. The molecule has 2 aromatic rings. The second-order valence-corrected chi connectivity index (χ2v) is 6.31. The molecule has 3 N–H and O–H groups in total. The van der Waals surface area contributed by atoms with Gasteiger partial charge >= 0.3 is 0 Å². The third-order valence-electron chi connectivity index (χ3n) is 3.84. The van der Waals surface area contributed by atoms with E-state index >= 15 is 0 Å². The standard InChI is InChI=1S/C20H29N3O3/c1-5-21-19(22-13-16-8-7-9-17(12-16)25-6-2)23-14-20(4,24)18-11-10-15(3)26-18/h7-12,24H,5-6,13-14H2,1-4H3,(H2,21,22,23). The van der Waals surface area contributed by atoms with Crippen LogP contribution in [0.4, 0.5) is 0 Å². The van der Waals surface area contributed by atoms with Gasteiger partial charge in [-0.1, -0.05) is 12.1 Å². The van der Waals surface area contributed by atoms with E-state index in [2.05, 4.69) is 15.6 Å². The Kier molecular flexibility index (Phi) is 7.09. The SMILES string of the molecule is CCNC(=NCc1cccc(OCC)c1)NCC(C)(O)c1ccc(C)o1. The monoisotopic (exact) mass is 359 g/mol. The Hall–Kier alpha value is -2.47. The number of nitrogens with one attached hydrogen (secondary N) is 2. The number of aliphatic imine (C=N–C) groups is 1. The zero-order valence-electron chi connectivity index (χ0n) is 16.0. The molecule has 0 aliphatic rings. The molecule has 6 nitrogen and oxygen atoms in total. The van der Waals surface area contributed by atoms with E-state index < -0.39 is 5.60 Å². The van der Waals surface area contributed by atoms with Crippen molar-refractivity contribution in [3.05, 3.63) is 53.5 Å². The number of rotatable bonds is 8. The van der Waals surface area contributed by atoms with E-state index in [1.165, 1.54) is 0 Å². The van der Waals surface area contributed by atoms with Gasteiger partial charge in [0.25, 0.3) is 0 Å². The molecular formula is C20H29N3O3. The summed E-state index contributed by atoms with van der Waals surface area (Å²) in [6.07, 6.45) is 0. The average molecular weight is 359 g/mol. The molecule has 142 valence electrons. The summed E-state index contributed by atoms with van der Waals surface area (Å²) in [6.45, 7) is 9.70. The van der Waals surface area contributed by atoms with E-state index in [-0.39, 0.29) is 6.54 Å². The van der Waals surface area contributed by atoms with E-state index in [1.807, 2.05) is 51.1 Å². The van der Waals surface area contributed by atoms with Crippen LogP contribution in [0.1, 0.15) is 37.9 Å². The van der Waals surface area contributed by atoms with E-state index in [1.54, 1.807) is 13.0 Å². The third-order valence-corrected chi connectivity index (χ3v) is 3.84. The van der Waals surface area contributed by atoms with Crippen molar-refractivity contribution in [1.82, 2.24) is 10.6 Å². The predicted octanol–water partition coefficient (Wildman–Crippen LogP) is 2.95. The van der Waals surface area contributed by atoms with Crippen molar-refractivity contribution >= 4 is 5.96 Å². The predicted molar refractivity (Wildman–Crippen MR) is 103 cm³/mol. The lowest BCUT2D eigenvalue weighted by Gasteiger charge is -2.22. The smallest absolute Gasteiger partial charge is 0.191 e. The number of hydrogen-bond donors (Lipinski definition) is 3. The number of guanidine groups is 1. The molecule has 0 aliphatic carbocycles. The molecule has 1 aromatic carbocycles. The molecule has 1 atom stereocenters. The van der Waals surface area contributed by atoms with E-state index in [9.17, 15) is 5.11 Å². The largest absolute Gasteiger partial charge is 0.494 e. The summed E-state index contributed by atoms with van der Waals surface area (Å²) in [5.74, 6) is 2.78. The van der Waals surface area contributed by atoms with E-state index in [0.29, 0.717) is 24.9 Å². The number of benzene rings is 1. The number of aliphatic hydroxyl groups is 1. The topological polar surface area (TPSA) is 79.0 Å². The highest BCUT2D eigenvalue weighted by Crippen LogP contribution is 2.21. The molecular weight excluding hydrogens is 330 g/mol. The van der Waals surface area contributed by atoms with Crippen LogP contribution >= 0.6 is 0 Å². The minimum absolute atomic E-state index is 0.283. The molecule has 0 aliphatic heterocycles. The van der Waals surface area contributed by atoms with Crippen molar-refractivity contribution in [3.63, 3.8) is 0 Å². The van der Waals surface area contributed by atoms with Crippen molar-refractivity contribution in [2.24, 2.45) is 4.99 Å². The van der Waals surface area contributed by atoms with Crippen LogP contribution in [0, 0.1) is 6.92 Å². The number of aryl methyl sites for hydroxylation is 1. The van der Waals surface area contributed by atoms with Crippen molar-refractivity contribution in [2.75, 3.05) is 19.7 Å². The lowest BCUT2D eigenvalue weighted by Crippen LogP contribution is -2.44. The number of furan rings is 1. The molecule has 26 heavy (non-hydrogen) atoms. The minimum atomic E-state index is -1.13. The Morgan fingerprint density at radius 3 is 2.69 bits per heavy atom. The highest BCUT2D eigenvalue weighted by Gasteiger charge is 2.27. The van der Waals surface area contributed by atoms with Gasteiger partial charge in [0.2, 0.25) is 0 Å². The molecule has 0 amide bonds. The van der Waals surface area contributed by atoms with Crippen molar-refractivity contribution in [1.29, 1.82) is 0 Å². The third kappa shape index (κ3) is 5.81. The molecule has 1 aromatic heterocycles. The molecule has 1 unspecified atom stereocenters. The van der Waals surface area contributed by atoms with Crippen LogP contribution in [0.3, 0.4) is 0 Å². The fourth-order valence-electron chi connectivity index (χ4n) is 2.48. The van der Waals surface area contributed by atoms with Crippen LogP contribution in [0.5, 0.6) is 5.75 Å². The van der Waals surface area contributed by atoms with Gasteiger partial charge in [0.1, 0.15) is 22.9 Å². The first-order valence-corrected chi connectivity index (χ1v) is 8.97. The Labute approximate surface area is 155 Å². The lowest BCUT2D eigenvalue weighted by molar-refractivity contribution is 0.0378. The minimum Gasteiger partial charge on any atom is -0.494 e. The molecule has 2 rings (SSSR count). The van der Waals surface area contributed by atoms with Gasteiger partial charge in [-0.05, 0) is 57.5 Å². The Balaban J connectivity index is 2.01. The molecule has 1 heterocycles. The summed E-state index contributed by atoms with van der Waals surface area (Å²) in [4.78, 5) is 4.58. The summed E-state index contributed by atoms with van der Waals surface area (Å²) in [5, 5.41) is 17.0. The van der Waals surface area contributed by atoms with Crippen LogP contribution in [0.2, 0.25) is 0 Å². The summed E-state index contributed by atoms with van der Waals surface area (Å²) >= 11 is 0. The number of hydrogen-bond acceptors (Lipinski definition) is 4. The van der Waals surface area contributed by atoms with Gasteiger partial charge in [0.05, 0.1) is 19.7 Å². The molecule has 0 radical (unpaired) electrons. The highest BCUT2D eigenvalue weighted by molar-refractivity contribution is 5.79. The molecule has 0 saturated heterocycles. The fraction of sp³-hybridized carbons (Fsp3) is 0.450. The highest BCUT2D eigenvalue weighted by atomic mass is 16.5. The summed E-state index contributed by atoms with van der Waals surface area (Å²) < 4.78 is 11.1. The van der Waals surface area contributed by atoms with Crippen LogP contribution < -0.4 is 15.4 Å². The molecule has 0 spiro atoms. The molecule has 0 fully saturated rings. The summed E-state index contributed by atoms with van der Waals surface area (Å²) in [5.41, 5.74) is -0.0686. The van der Waals surface area contributed by atoms with Gasteiger partial charge in [0, 0.05) is 6.54 Å². The van der Waals surface area contributed by atoms with Crippen molar-refractivity contribution in [2.45, 2.75) is 39.8 Å². The number of ether oxygens (including phenoxy) is 1. The van der Waals surface area contributed by atoms with Gasteiger partial charge in [-0.2, -0.15) is 0 Å². The van der Waals surface area contributed by atoms with Crippen molar-refractivity contribution in [3.8, 4) is 5.75 Å². The Morgan fingerprint density at radius 2 is 2.04 bits per heavy atom. The Morgan fingerprint density at radius 1 is 1.23 bits per heavy atom. The van der Waals surface area contributed by atoms with Gasteiger partial charge in [-0.3, -0.25) is 0 Å². The van der Waals surface area contributed by atoms with Gasteiger partial charge in [0.15, 0.2) is 5.96 Å². The van der Waals surface area contributed by atoms with Crippen LogP contribution in [0.15, 0.2) is 45.8 Å². The van der Waals surface area contributed by atoms with E-state index in [0.717, 1.165) is 23.6 Å². The van der Waals surface area contributed by atoms with Gasteiger partial charge < -0.3 is 24.9 Å². The maximum absolute atomic E-state index is 10.6. The fourth-order valence-corrected chi connectivity index (χ4v) is 2.48. The maximum atomic E-state index is 10.6. The van der Waals surface area contributed by atoms with Gasteiger partial charge in [-0.15, -0.1) is 0 Å². The first-order valence-electron chi connectivity index (χ1n) is 8.97. The molecule has 0 bridgehead atoms.